The molecule has 2 aromatic carbocycles. The third-order valence-corrected chi connectivity index (χ3v) is 2.40. The van der Waals surface area contributed by atoms with Crippen LogP contribution in [-0.4, -0.2) is 0 Å². The summed E-state index contributed by atoms with van der Waals surface area (Å²) in [4.78, 5) is 0. The van der Waals surface area contributed by atoms with Crippen molar-refractivity contribution in [3.63, 3.8) is 0 Å². The second-order valence-electron chi connectivity index (χ2n) is 3.53. The first-order valence-corrected chi connectivity index (χ1v) is 4.95. The van der Waals surface area contributed by atoms with Crippen LogP contribution in [0, 0.1) is 11.6 Å². The van der Waals surface area contributed by atoms with Crippen LogP contribution in [0.3, 0.4) is 0 Å². The van der Waals surface area contributed by atoms with E-state index in [9.17, 15) is 8.78 Å². The predicted molar refractivity (Wildman–Crippen MR) is 59.7 cm³/mol. The highest BCUT2D eigenvalue weighted by Crippen LogP contribution is 2.24. The van der Waals surface area contributed by atoms with Gasteiger partial charge in [0.05, 0.1) is 0 Å². The van der Waals surface area contributed by atoms with Crippen molar-refractivity contribution in [2.24, 2.45) is 5.73 Å². The van der Waals surface area contributed by atoms with Crippen LogP contribution in [-0.2, 0) is 6.54 Å². The van der Waals surface area contributed by atoms with Gasteiger partial charge < -0.3 is 5.73 Å². The van der Waals surface area contributed by atoms with Crippen LogP contribution in [0.25, 0.3) is 11.1 Å². The van der Waals surface area contributed by atoms with Gasteiger partial charge in [0.2, 0.25) is 0 Å². The summed E-state index contributed by atoms with van der Waals surface area (Å²) in [5.74, 6) is -0.884. The monoisotopic (exact) mass is 219 g/mol. The van der Waals surface area contributed by atoms with Gasteiger partial charge in [-0.05, 0) is 35.4 Å². The summed E-state index contributed by atoms with van der Waals surface area (Å²) in [7, 11) is 0. The van der Waals surface area contributed by atoms with Crippen molar-refractivity contribution in [2.75, 3.05) is 0 Å². The maximum atomic E-state index is 13.5. The molecular weight excluding hydrogens is 208 g/mol. The van der Waals surface area contributed by atoms with Crippen LogP contribution in [0.4, 0.5) is 8.78 Å². The maximum absolute atomic E-state index is 13.5. The van der Waals surface area contributed by atoms with Crippen LogP contribution in [0.5, 0.6) is 0 Å². The topological polar surface area (TPSA) is 26.0 Å². The lowest BCUT2D eigenvalue weighted by Gasteiger charge is -2.05. The minimum Gasteiger partial charge on any atom is -0.326 e. The Morgan fingerprint density at radius 2 is 1.81 bits per heavy atom. The Bertz CT molecular complexity index is 509. The molecule has 0 heterocycles. The molecule has 2 rings (SSSR count). The highest BCUT2D eigenvalue weighted by atomic mass is 19.1. The van der Waals surface area contributed by atoms with E-state index in [-0.39, 0.29) is 5.56 Å². The number of hydrogen-bond acceptors (Lipinski definition) is 1. The van der Waals surface area contributed by atoms with Gasteiger partial charge in [0.15, 0.2) is 0 Å². The van der Waals surface area contributed by atoms with Gasteiger partial charge in [0.1, 0.15) is 11.6 Å². The second-order valence-corrected chi connectivity index (χ2v) is 3.53. The van der Waals surface area contributed by atoms with Crippen molar-refractivity contribution < 1.29 is 8.78 Å². The van der Waals surface area contributed by atoms with Crippen molar-refractivity contribution in [1.29, 1.82) is 0 Å². The molecule has 0 amide bonds. The van der Waals surface area contributed by atoms with Crippen molar-refractivity contribution in [1.82, 2.24) is 0 Å². The van der Waals surface area contributed by atoms with E-state index in [1.165, 1.54) is 6.07 Å². The Hall–Kier alpha value is -1.74. The van der Waals surface area contributed by atoms with E-state index < -0.39 is 11.6 Å². The van der Waals surface area contributed by atoms with E-state index >= 15 is 0 Å². The smallest absolute Gasteiger partial charge is 0.131 e. The van der Waals surface area contributed by atoms with Crippen molar-refractivity contribution in [2.45, 2.75) is 6.54 Å². The molecule has 0 radical (unpaired) electrons. The minimum absolute atomic E-state index is 0.260. The number of hydrogen-bond donors (Lipinski definition) is 1. The molecule has 2 N–H and O–H groups in total. The molecule has 0 fully saturated rings. The third kappa shape index (κ3) is 2.09. The first-order chi connectivity index (χ1) is 7.70. The molecule has 82 valence electrons. The zero-order valence-corrected chi connectivity index (χ0v) is 8.58. The van der Waals surface area contributed by atoms with E-state index in [0.29, 0.717) is 12.1 Å². The first-order valence-electron chi connectivity index (χ1n) is 4.95. The fraction of sp³-hybridized carbons (Fsp3) is 0.0769. The Kier molecular flexibility index (Phi) is 2.97. The van der Waals surface area contributed by atoms with E-state index in [1.54, 1.807) is 18.2 Å². The van der Waals surface area contributed by atoms with Crippen molar-refractivity contribution in [3.8, 4) is 11.1 Å². The van der Waals surface area contributed by atoms with Gasteiger partial charge in [0, 0.05) is 12.1 Å². The van der Waals surface area contributed by atoms with Gasteiger partial charge in [-0.1, -0.05) is 18.2 Å². The summed E-state index contributed by atoms with van der Waals surface area (Å²) in [6, 6.07) is 10.5. The summed E-state index contributed by atoms with van der Waals surface area (Å²) < 4.78 is 26.5. The average molecular weight is 219 g/mol. The van der Waals surface area contributed by atoms with Crippen LogP contribution in [0.15, 0.2) is 42.5 Å². The van der Waals surface area contributed by atoms with Crippen LogP contribution < -0.4 is 5.73 Å². The molecule has 3 heteroatoms. The van der Waals surface area contributed by atoms with Crippen molar-refractivity contribution in [3.05, 3.63) is 59.7 Å². The second kappa shape index (κ2) is 4.41. The fourth-order valence-electron chi connectivity index (χ4n) is 1.58. The van der Waals surface area contributed by atoms with Crippen molar-refractivity contribution >= 4 is 0 Å². The normalized spacial score (nSPS) is 10.4. The Morgan fingerprint density at radius 1 is 1.00 bits per heavy atom. The number of rotatable bonds is 2. The molecule has 0 atom stereocenters. The molecule has 0 aromatic heterocycles. The molecule has 16 heavy (non-hydrogen) atoms. The van der Waals surface area contributed by atoms with Crippen LogP contribution in [0.2, 0.25) is 0 Å². The average Bonchev–Trinajstić information content (AvgIpc) is 2.32. The molecule has 0 spiro atoms. The van der Waals surface area contributed by atoms with Crippen LogP contribution in [0.1, 0.15) is 5.56 Å². The molecule has 1 nitrogen and oxygen atoms in total. The summed E-state index contributed by atoms with van der Waals surface area (Å²) in [6.07, 6.45) is 0. The van der Waals surface area contributed by atoms with E-state index in [4.69, 9.17) is 5.73 Å². The lowest BCUT2D eigenvalue weighted by Crippen LogP contribution is -1.96. The third-order valence-electron chi connectivity index (χ3n) is 2.40. The van der Waals surface area contributed by atoms with Gasteiger partial charge in [-0.3, -0.25) is 0 Å². The SMILES string of the molecule is NCc1cccc(-c2cc(F)ccc2F)c1. The Morgan fingerprint density at radius 3 is 2.56 bits per heavy atom. The predicted octanol–water partition coefficient (Wildman–Crippen LogP) is 3.09. The zero-order valence-electron chi connectivity index (χ0n) is 8.58. The number of nitrogens with two attached hydrogens (primary N) is 1. The molecule has 0 unspecified atom stereocenters. The van der Waals surface area contributed by atoms with Gasteiger partial charge in [0.25, 0.3) is 0 Å². The first kappa shape index (κ1) is 10.8. The summed E-state index contributed by atoms with van der Waals surface area (Å²) in [6.45, 7) is 0.380. The lowest BCUT2D eigenvalue weighted by molar-refractivity contribution is 0.603. The highest BCUT2D eigenvalue weighted by Gasteiger charge is 2.06. The van der Waals surface area contributed by atoms with Gasteiger partial charge in [-0.25, -0.2) is 8.78 Å². The van der Waals surface area contributed by atoms with E-state index in [0.717, 1.165) is 17.7 Å². The molecule has 0 bridgehead atoms. The van der Waals surface area contributed by atoms with Crippen LogP contribution >= 0.6 is 0 Å². The largest absolute Gasteiger partial charge is 0.326 e. The molecule has 0 aliphatic heterocycles. The number of benzene rings is 2. The number of halogens is 2. The summed E-state index contributed by atoms with van der Waals surface area (Å²) >= 11 is 0. The standard InChI is InChI=1S/C13H11F2N/c14-11-4-5-13(15)12(7-11)10-3-1-2-9(6-10)8-16/h1-7H,8,16H2. The molecule has 0 saturated carbocycles. The quantitative estimate of drug-likeness (QED) is 0.825. The summed E-state index contributed by atoms with van der Waals surface area (Å²) in [5.41, 5.74) is 7.29. The van der Waals surface area contributed by atoms with E-state index in [1.807, 2.05) is 6.07 Å². The molecule has 0 aliphatic carbocycles. The van der Waals surface area contributed by atoms with Gasteiger partial charge in [-0.15, -0.1) is 0 Å². The Balaban J connectivity index is 2.53. The zero-order chi connectivity index (χ0) is 11.5. The maximum Gasteiger partial charge on any atom is 0.131 e. The van der Waals surface area contributed by atoms with Gasteiger partial charge >= 0.3 is 0 Å². The lowest BCUT2D eigenvalue weighted by atomic mass is 10.0. The molecule has 2 aromatic rings. The van der Waals surface area contributed by atoms with Gasteiger partial charge in [-0.2, -0.15) is 0 Å². The highest BCUT2D eigenvalue weighted by molar-refractivity contribution is 5.64. The minimum atomic E-state index is -0.449. The fourth-order valence-corrected chi connectivity index (χ4v) is 1.58. The van der Waals surface area contributed by atoms with E-state index in [2.05, 4.69) is 0 Å². The molecule has 0 aliphatic rings. The molecule has 0 saturated heterocycles. The molecular formula is C13H11F2N. The summed E-state index contributed by atoms with van der Waals surface area (Å²) in [5, 5.41) is 0. The Labute approximate surface area is 92.5 Å².